The molecule has 18 heavy (non-hydrogen) atoms. The smallest absolute Gasteiger partial charge is 0.165 e. The molecular formula is C13H18F2N2O. The summed E-state index contributed by atoms with van der Waals surface area (Å²) in [6, 6.07) is 2.22. The zero-order valence-electron chi connectivity index (χ0n) is 10.6. The van der Waals surface area contributed by atoms with Gasteiger partial charge in [-0.15, -0.1) is 0 Å². The molecule has 100 valence electrons. The highest BCUT2D eigenvalue weighted by molar-refractivity contribution is 5.33. The molecule has 1 aromatic rings. The van der Waals surface area contributed by atoms with Gasteiger partial charge in [0.15, 0.2) is 11.6 Å². The van der Waals surface area contributed by atoms with Crippen LogP contribution in [0.5, 0.6) is 5.75 Å². The van der Waals surface area contributed by atoms with Crippen LogP contribution in [0, 0.1) is 17.6 Å². The van der Waals surface area contributed by atoms with Crippen LogP contribution >= 0.6 is 0 Å². The number of ether oxygens (including phenoxy) is 1. The Kier molecular flexibility index (Phi) is 3.82. The van der Waals surface area contributed by atoms with Gasteiger partial charge in [0.2, 0.25) is 0 Å². The van der Waals surface area contributed by atoms with Gasteiger partial charge in [0.1, 0.15) is 5.82 Å². The van der Waals surface area contributed by atoms with Crippen molar-refractivity contribution in [3.8, 4) is 5.75 Å². The van der Waals surface area contributed by atoms with Crippen molar-refractivity contribution < 1.29 is 13.5 Å². The molecule has 0 saturated carbocycles. The number of benzene rings is 1. The van der Waals surface area contributed by atoms with Crippen molar-refractivity contribution >= 4 is 0 Å². The van der Waals surface area contributed by atoms with Gasteiger partial charge in [-0.25, -0.2) is 8.78 Å². The summed E-state index contributed by atoms with van der Waals surface area (Å²) in [7, 11) is 3.23. The van der Waals surface area contributed by atoms with E-state index in [-0.39, 0.29) is 11.8 Å². The monoisotopic (exact) mass is 256 g/mol. The largest absolute Gasteiger partial charge is 0.494 e. The highest BCUT2D eigenvalue weighted by Gasteiger charge is 2.32. The summed E-state index contributed by atoms with van der Waals surface area (Å²) in [6.45, 7) is 1.38. The lowest BCUT2D eigenvalue weighted by atomic mass is 9.99. The number of nitrogens with two attached hydrogens (primary N) is 1. The molecule has 2 N–H and O–H groups in total. The van der Waals surface area contributed by atoms with Crippen LogP contribution in [0.3, 0.4) is 0 Å². The Balaban J connectivity index is 2.31. The lowest BCUT2D eigenvalue weighted by molar-refractivity contribution is 0.304. The molecule has 0 spiro atoms. The normalized spacial score (nSPS) is 24.5. The molecule has 5 heteroatoms. The first-order valence-electron chi connectivity index (χ1n) is 6.00. The fourth-order valence-electron chi connectivity index (χ4n) is 2.60. The third-order valence-corrected chi connectivity index (χ3v) is 3.60. The quantitative estimate of drug-likeness (QED) is 0.898. The van der Waals surface area contributed by atoms with Gasteiger partial charge in [-0.2, -0.15) is 0 Å². The van der Waals surface area contributed by atoms with Crippen LogP contribution in [0.2, 0.25) is 0 Å². The average Bonchev–Trinajstić information content (AvgIpc) is 2.73. The van der Waals surface area contributed by atoms with Crippen molar-refractivity contribution in [3.63, 3.8) is 0 Å². The molecule has 2 atom stereocenters. The lowest BCUT2D eigenvalue weighted by Gasteiger charge is -2.20. The van der Waals surface area contributed by atoms with E-state index in [0.717, 1.165) is 19.0 Å². The number of halogens is 2. The Morgan fingerprint density at radius 2 is 2.11 bits per heavy atom. The first kappa shape index (κ1) is 13.2. The predicted molar refractivity (Wildman–Crippen MR) is 65.4 cm³/mol. The highest BCUT2D eigenvalue weighted by Crippen LogP contribution is 2.36. The van der Waals surface area contributed by atoms with Crippen molar-refractivity contribution in [1.82, 2.24) is 4.90 Å². The minimum atomic E-state index is -0.529. The number of methoxy groups -OCH3 is 1. The van der Waals surface area contributed by atoms with E-state index in [1.54, 1.807) is 0 Å². The van der Waals surface area contributed by atoms with Gasteiger partial charge in [0, 0.05) is 24.2 Å². The molecule has 1 aliphatic heterocycles. The molecule has 0 aromatic heterocycles. The van der Waals surface area contributed by atoms with E-state index in [2.05, 4.69) is 0 Å². The van der Waals surface area contributed by atoms with E-state index in [1.165, 1.54) is 13.2 Å². The molecular weight excluding hydrogens is 238 g/mol. The zero-order valence-corrected chi connectivity index (χ0v) is 10.6. The topological polar surface area (TPSA) is 38.5 Å². The Morgan fingerprint density at radius 1 is 1.39 bits per heavy atom. The van der Waals surface area contributed by atoms with Crippen LogP contribution in [0.4, 0.5) is 8.78 Å². The lowest BCUT2D eigenvalue weighted by Crippen LogP contribution is -2.21. The second kappa shape index (κ2) is 5.20. The van der Waals surface area contributed by atoms with Gasteiger partial charge in [-0.05, 0) is 32.0 Å². The molecule has 0 aliphatic carbocycles. The van der Waals surface area contributed by atoms with Gasteiger partial charge in [0.25, 0.3) is 0 Å². The third kappa shape index (κ3) is 2.33. The van der Waals surface area contributed by atoms with Crippen LogP contribution in [0.1, 0.15) is 18.0 Å². The summed E-state index contributed by atoms with van der Waals surface area (Å²) in [4.78, 5) is 2.02. The van der Waals surface area contributed by atoms with Crippen molar-refractivity contribution in [2.45, 2.75) is 12.5 Å². The molecule has 0 amide bonds. The van der Waals surface area contributed by atoms with Gasteiger partial charge in [0.05, 0.1) is 7.11 Å². The zero-order chi connectivity index (χ0) is 13.3. The minimum Gasteiger partial charge on any atom is -0.494 e. The SMILES string of the molecule is COc1cc(F)c(C2CC(CN)CN2C)cc1F. The maximum absolute atomic E-state index is 14.0. The molecule has 2 rings (SSSR count). The van der Waals surface area contributed by atoms with Crippen LogP contribution in [0.15, 0.2) is 12.1 Å². The summed E-state index contributed by atoms with van der Waals surface area (Å²) in [6.07, 6.45) is 0.760. The molecule has 0 bridgehead atoms. The third-order valence-electron chi connectivity index (χ3n) is 3.60. The Labute approximate surface area is 106 Å². The summed E-state index contributed by atoms with van der Waals surface area (Å²) in [5, 5.41) is 0. The van der Waals surface area contributed by atoms with Crippen LogP contribution in [-0.4, -0.2) is 32.1 Å². The summed E-state index contributed by atoms with van der Waals surface area (Å²) < 4.78 is 32.4. The van der Waals surface area contributed by atoms with Gasteiger partial charge in [-0.3, -0.25) is 4.90 Å². The van der Waals surface area contributed by atoms with Gasteiger partial charge >= 0.3 is 0 Å². The fraction of sp³-hybridized carbons (Fsp3) is 0.538. The Hall–Kier alpha value is -1.20. The maximum Gasteiger partial charge on any atom is 0.165 e. The number of likely N-dealkylation sites (tertiary alicyclic amines) is 1. The van der Waals surface area contributed by atoms with E-state index < -0.39 is 11.6 Å². The second-order valence-electron chi connectivity index (χ2n) is 4.80. The van der Waals surface area contributed by atoms with Crippen molar-refractivity contribution in [2.75, 3.05) is 27.2 Å². The molecule has 1 saturated heterocycles. The van der Waals surface area contributed by atoms with E-state index in [4.69, 9.17) is 10.5 Å². The van der Waals surface area contributed by atoms with E-state index in [9.17, 15) is 8.78 Å². The van der Waals surface area contributed by atoms with Gasteiger partial charge < -0.3 is 10.5 Å². The number of hydrogen-bond donors (Lipinski definition) is 1. The molecule has 1 fully saturated rings. The Morgan fingerprint density at radius 3 is 2.67 bits per heavy atom. The van der Waals surface area contributed by atoms with Crippen molar-refractivity contribution in [3.05, 3.63) is 29.3 Å². The highest BCUT2D eigenvalue weighted by atomic mass is 19.1. The Bertz CT molecular complexity index is 439. The molecule has 1 aliphatic rings. The van der Waals surface area contributed by atoms with Crippen LogP contribution < -0.4 is 10.5 Å². The standard InChI is InChI=1S/C13H18F2N2O/c1-17-7-8(6-16)3-12(17)9-4-11(15)13(18-2)5-10(9)14/h4-5,8,12H,3,6-7,16H2,1-2H3. The summed E-state index contributed by atoms with van der Waals surface area (Å²) >= 11 is 0. The molecule has 1 heterocycles. The summed E-state index contributed by atoms with van der Waals surface area (Å²) in [5.41, 5.74) is 6.02. The fourth-order valence-corrected chi connectivity index (χ4v) is 2.60. The predicted octanol–water partition coefficient (Wildman–Crippen LogP) is 1.92. The van der Waals surface area contributed by atoms with Crippen molar-refractivity contribution in [1.29, 1.82) is 0 Å². The molecule has 2 unspecified atom stereocenters. The number of rotatable bonds is 3. The molecule has 1 aromatic carbocycles. The maximum atomic E-state index is 14.0. The average molecular weight is 256 g/mol. The molecule has 3 nitrogen and oxygen atoms in total. The van der Waals surface area contributed by atoms with Crippen LogP contribution in [0.25, 0.3) is 0 Å². The number of nitrogens with zero attached hydrogens (tertiary/aromatic N) is 1. The second-order valence-corrected chi connectivity index (χ2v) is 4.80. The van der Waals surface area contributed by atoms with Crippen LogP contribution in [-0.2, 0) is 0 Å². The first-order chi connectivity index (χ1) is 8.56. The van der Waals surface area contributed by atoms with E-state index in [0.29, 0.717) is 18.0 Å². The van der Waals surface area contributed by atoms with E-state index in [1.807, 2.05) is 11.9 Å². The van der Waals surface area contributed by atoms with Crippen molar-refractivity contribution in [2.24, 2.45) is 11.7 Å². The number of hydrogen-bond acceptors (Lipinski definition) is 3. The minimum absolute atomic E-state index is 0.0627. The summed E-state index contributed by atoms with van der Waals surface area (Å²) in [5.74, 6) is -0.682. The first-order valence-corrected chi connectivity index (χ1v) is 6.00. The van der Waals surface area contributed by atoms with Gasteiger partial charge in [-0.1, -0.05) is 0 Å². The molecule has 0 radical (unpaired) electrons. The van der Waals surface area contributed by atoms with E-state index >= 15 is 0 Å².